The summed E-state index contributed by atoms with van der Waals surface area (Å²) in [6, 6.07) is 9.14. The molecule has 0 amide bonds. The largest absolute Gasteiger partial charge is 0.463 e. The van der Waals surface area contributed by atoms with Crippen molar-refractivity contribution in [3.05, 3.63) is 35.9 Å². The Balaban J connectivity index is 2.81. The minimum Gasteiger partial charge on any atom is -0.463 e. The molecule has 0 spiro atoms. The molecule has 3 nitrogen and oxygen atoms in total. The van der Waals surface area contributed by atoms with Crippen molar-refractivity contribution in [2.75, 3.05) is 7.11 Å². The second-order valence-electron chi connectivity index (χ2n) is 2.99. The molecule has 1 aromatic carbocycles. The first-order valence-corrected chi connectivity index (χ1v) is 4.34. The number of ether oxygens (including phenoxy) is 1. The SMILES string of the molecule is COC(=O)C(=O)C(C)c1ccccc1. The number of benzene rings is 1. The monoisotopic (exact) mass is 192 g/mol. The van der Waals surface area contributed by atoms with Crippen molar-refractivity contribution in [2.45, 2.75) is 12.8 Å². The van der Waals surface area contributed by atoms with Crippen molar-refractivity contribution < 1.29 is 14.3 Å². The number of ketones is 1. The first kappa shape index (κ1) is 10.4. The molecular formula is C11H12O3. The van der Waals surface area contributed by atoms with Gasteiger partial charge < -0.3 is 4.74 Å². The number of hydrogen-bond acceptors (Lipinski definition) is 3. The van der Waals surface area contributed by atoms with Crippen LogP contribution in [-0.4, -0.2) is 18.9 Å². The van der Waals surface area contributed by atoms with Crippen LogP contribution in [0.2, 0.25) is 0 Å². The summed E-state index contributed by atoms with van der Waals surface area (Å²) in [5, 5.41) is 0. The number of rotatable bonds is 3. The molecule has 0 aliphatic heterocycles. The average molecular weight is 192 g/mol. The fraction of sp³-hybridized carbons (Fsp3) is 0.273. The summed E-state index contributed by atoms with van der Waals surface area (Å²) in [7, 11) is 1.21. The van der Waals surface area contributed by atoms with Gasteiger partial charge in [0.05, 0.1) is 13.0 Å². The first-order chi connectivity index (χ1) is 6.66. The zero-order valence-electron chi connectivity index (χ0n) is 8.19. The van der Waals surface area contributed by atoms with Gasteiger partial charge >= 0.3 is 5.97 Å². The van der Waals surface area contributed by atoms with E-state index in [0.29, 0.717) is 0 Å². The molecule has 0 N–H and O–H groups in total. The molecule has 0 saturated carbocycles. The summed E-state index contributed by atoms with van der Waals surface area (Å²) in [6.07, 6.45) is 0. The van der Waals surface area contributed by atoms with Crippen LogP contribution in [0.4, 0.5) is 0 Å². The van der Waals surface area contributed by atoms with Crippen LogP contribution in [0.5, 0.6) is 0 Å². The minimum absolute atomic E-state index is 0.441. The third-order valence-corrected chi connectivity index (χ3v) is 2.08. The van der Waals surface area contributed by atoms with Gasteiger partial charge in [0.2, 0.25) is 5.78 Å². The molecule has 0 aromatic heterocycles. The fourth-order valence-electron chi connectivity index (χ4n) is 1.17. The number of hydrogen-bond donors (Lipinski definition) is 0. The summed E-state index contributed by atoms with van der Waals surface area (Å²) in [5.41, 5.74) is 0.822. The number of esters is 1. The summed E-state index contributed by atoms with van der Waals surface area (Å²) < 4.78 is 4.37. The Morgan fingerprint density at radius 1 is 1.21 bits per heavy atom. The Morgan fingerprint density at radius 2 is 1.79 bits per heavy atom. The smallest absolute Gasteiger partial charge is 0.374 e. The molecule has 74 valence electrons. The van der Waals surface area contributed by atoms with Crippen LogP contribution in [0.15, 0.2) is 30.3 Å². The van der Waals surface area contributed by atoms with E-state index in [2.05, 4.69) is 4.74 Å². The molecule has 0 aliphatic rings. The van der Waals surface area contributed by atoms with Gasteiger partial charge in [-0.2, -0.15) is 0 Å². The maximum absolute atomic E-state index is 11.4. The zero-order valence-corrected chi connectivity index (χ0v) is 8.19. The number of carbonyl (C=O) groups excluding carboxylic acids is 2. The summed E-state index contributed by atoms with van der Waals surface area (Å²) in [6.45, 7) is 1.69. The second-order valence-corrected chi connectivity index (χ2v) is 2.99. The molecule has 1 rings (SSSR count). The fourth-order valence-corrected chi connectivity index (χ4v) is 1.17. The van der Waals surface area contributed by atoms with E-state index in [9.17, 15) is 9.59 Å². The molecule has 0 saturated heterocycles. The van der Waals surface area contributed by atoms with E-state index in [1.54, 1.807) is 6.92 Å². The lowest BCUT2D eigenvalue weighted by Gasteiger charge is -2.08. The van der Waals surface area contributed by atoms with Crippen molar-refractivity contribution in [3.63, 3.8) is 0 Å². The lowest BCUT2D eigenvalue weighted by atomic mass is 9.97. The van der Waals surface area contributed by atoms with Crippen molar-refractivity contribution in [2.24, 2.45) is 0 Å². The first-order valence-electron chi connectivity index (χ1n) is 4.34. The lowest BCUT2D eigenvalue weighted by Crippen LogP contribution is -2.21. The lowest BCUT2D eigenvalue weighted by molar-refractivity contribution is -0.152. The van der Waals surface area contributed by atoms with Gasteiger partial charge in [-0.25, -0.2) is 4.79 Å². The predicted molar refractivity (Wildman–Crippen MR) is 51.9 cm³/mol. The van der Waals surface area contributed by atoms with Crippen LogP contribution in [0.1, 0.15) is 18.4 Å². The standard InChI is InChI=1S/C11H12O3/c1-8(10(12)11(13)14-2)9-6-4-3-5-7-9/h3-8H,1-2H3. The molecule has 14 heavy (non-hydrogen) atoms. The highest BCUT2D eigenvalue weighted by molar-refractivity contribution is 6.35. The van der Waals surface area contributed by atoms with Gasteiger partial charge in [0.25, 0.3) is 0 Å². The number of carbonyl (C=O) groups is 2. The van der Waals surface area contributed by atoms with Gasteiger partial charge in [-0.3, -0.25) is 4.79 Å². The highest BCUT2D eigenvalue weighted by atomic mass is 16.5. The van der Waals surface area contributed by atoms with Gasteiger partial charge in [0, 0.05) is 0 Å². The Kier molecular flexibility index (Phi) is 3.40. The number of Topliss-reactive ketones (excluding diaryl/α,β-unsaturated/α-hetero) is 1. The number of methoxy groups -OCH3 is 1. The van der Waals surface area contributed by atoms with E-state index in [1.165, 1.54) is 7.11 Å². The van der Waals surface area contributed by atoms with Gasteiger partial charge in [0.15, 0.2) is 0 Å². The van der Waals surface area contributed by atoms with Crippen molar-refractivity contribution in [1.82, 2.24) is 0 Å². The third kappa shape index (κ3) is 2.19. The molecule has 1 atom stereocenters. The van der Waals surface area contributed by atoms with Gasteiger partial charge in [-0.1, -0.05) is 37.3 Å². The molecule has 1 aromatic rings. The highest BCUT2D eigenvalue weighted by Crippen LogP contribution is 2.15. The van der Waals surface area contributed by atoms with E-state index in [4.69, 9.17) is 0 Å². The van der Waals surface area contributed by atoms with Crippen LogP contribution in [0.25, 0.3) is 0 Å². The van der Waals surface area contributed by atoms with E-state index in [-0.39, 0.29) is 0 Å². The van der Waals surface area contributed by atoms with E-state index in [1.807, 2.05) is 30.3 Å². The molecule has 0 bridgehead atoms. The van der Waals surface area contributed by atoms with E-state index >= 15 is 0 Å². The summed E-state index contributed by atoms with van der Waals surface area (Å²) >= 11 is 0. The Labute approximate surface area is 82.7 Å². The summed E-state index contributed by atoms with van der Waals surface area (Å²) in [5.74, 6) is -1.75. The Morgan fingerprint density at radius 3 is 2.29 bits per heavy atom. The quantitative estimate of drug-likeness (QED) is 0.539. The molecule has 0 radical (unpaired) electrons. The van der Waals surface area contributed by atoms with Crippen LogP contribution in [-0.2, 0) is 14.3 Å². The average Bonchev–Trinajstić information content (AvgIpc) is 2.27. The highest BCUT2D eigenvalue weighted by Gasteiger charge is 2.22. The molecule has 0 fully saturated rings. The van der Waals surface area contributed by atoms with Gasteiger partial charge in [0.1, 0.15) is 0 Å². The molecule has 1 unspecified atom stereocenters. The van der Waals surface area contributed by atoms with Gasteiger partial charge in [-0.15, -0.1) is 0 Å². The molecule has 0 aliphatic carbocycles. The summed E-state index contributed by atoms with van der Waals surface area (Å²) in [4.78, 5) is 22.4. The zero-order chi connectivity index (χ0) is 10.6. The van der Waals surface area contributed by atoms with Crippen molar-refractivity contribution >= 4 is 11.8 Å². The topological polar surface area (TPSA) is 43.4 Å². The van der Waals surface area contributed by atoms with Crippen molar-refractivity contribution in [3.8, 4) is 0 Å². The maximum Gasteiger partial charge on any atom is 0.374 e. The van der Waals surface area contributed by atoms with Crippen molar-refractivity contribution in [1.29, 1.82) is 0 Å². The third-order valence-electron chi connectivity index (χ3n) is 2.08. The van der Waals surface area contributed by atoms with Crippen LogP contribution >= 0.6 is 0 Å². The normalized spacial score (nSPS) is 11.9. The van der Waals surface area contributed by atoms with Crippen LogP contribution in [0, 0.1) is 0 Å². The molecular weight excluding hydrogens is 180 g/mol. The maximum atomic E-state index is 11.4. The van der Waals surface area contributed by atoms with Crippen LogP contribution in [0.3, 0.4) is 0 Å². The van der Waals surface area contributed by atoms with E-state index in [0.717, 1.165) is 5.56 Å². The minimum atomic E-state index is -0.790. The second kappa shape index (κ2) is 4.56. The molecule has 3 heteroatoms. The predicted octanol–water partition coefficient (Wildman–Crippen LogP) is 1.53. The van der Waals surface area contributed by atoms with Crippen LogP contribution < -0.4 is 0 Å². The van der Waals surface area contributed by atoms with Gasteiger partial charge in [-0.05, 0) is 5.56 Å². The Bertz CT molecular complexity index is 330. The Hall–Kier alpha value is -1.64. The van der Waals surface area contributed by atoms with E-state index < -0.39 is 17.7 Å². The molecule has 0 heterocycles.